The molecule has 0 saturated heterocycles. The minimum absolute atomic E-state index is 0.0827. The first-order valence-corrected chi connectivity index (χ1v) is 11.5. The maximum Gasteiger partial charge on any atom is 0.258 e. The number of nitrogens with one attached hydrogen (secondary N) is 2. The van der Waals surface area contributed by atoms with E-state index in [0.717, 1.165) is 22.0 Å². The average molecular weight is 468 g/mol. The van der Waals surface area contributed by atoms with Crippen LogP contribution in [0.15, 0.2) is 91.0 Å². The van der Waals surface area contributed by atoms with Gasteiger partial charge in [-0.15, -0.1) is 0 Å². The summed E-state index contributed by atoms with van der Waals surface area (Å²) in [5.41, 5.74) is 3.66. The largest absolute Gasteiger partial charge is 0.332 e. The zero-order valence-corrected chi connectivity index (χ0v) is 19.9. The van der Waals surface area contributed by atoms with E-state index < -0.39 is 0 Å². The molecule has 0 saturated carbocycles. The van der Waals surface area contributed by atoms with Crippen LogP contribution in [0.4, 0.5) is 11.4 Å². The molecule has 0 aliphatic rings. The number of hydrogen-bond acceptors (Lipinski definition) is 3. The Kier molecular flexibility index (Phi) is 6.99. The summed E-state index contributed by atoms with van der Waals surface area (Å²) >= 11 is 5.28. The number of thiocarbonyl (C=S) groups is 1. The van der Waals surface area contributed by atoms with Crippen LogP contribution in [0.2, 0.25) is 0 Å². The van der Waals surface area contributed by atoms with Gasteiger partial charge in [-0.3, -0.25) is 14.9 Å². The number of hydrogen-bond donors (Lipinski definition) is 2. The van der Waals surface area contributed by atoms with Crippen LogP contribution in [0.1, 0.15) is 33.2 Å². The first kappa shape index (κ1) is 23.1. The Morgan fingerprint density at radius 1 is 0.853 bits per heavy atom. The predicted octanol–water partition coefficient (Wildman–Crippen LogP) is 5.94. The average Bonchev–Trinajstić information content (AvgIpc) is 2.85. The van der Waals surface area contributed by atoms with Gasteiger partial charge >= 0.3 is 0 Å². The van der Waals surface area contributed by atoms with Crippen LogP contribution >= 0.6 is 12.2 Å². The lowest BCUT2D eigenvalue weighted by molar-refractivity contribution is 0.0973. The molecule has 0 aliphatic heterocycles. The van der Waals surface area contributed by atoms with Crippen molar-refractivity contribution >= 4 is 51.3 Å². The number of carbonyl (C=O) groups is 2. The van der Waals surface area contributed by atoms with E-state index in [4.69, 9.17) is 12.2 Å². The summed E-state index contributed by atoms with van der Waals surface area (Å²) in [5.74, 6) is -0.359. The van der Waals surface area contributed by atoms with Crippen molar-refractivity contribution in [1.82, 2.24) is 5.32 Å². The molecule has 0 bridgehead atoms. The molecule has 2 N–H and O–H groups in total. The van der Waals surface area contributed by atoms with Crippen molar-refractivity contribution in [3.05, 3.63) is 108 Å². The van der Waals surface area contributed by atoms with Crippen molar-refractivity contribution in [3.8, 4) is 0 Å². The molecule has 0 atom stereocenters. The monoisotopic (exact) mass is 467 g/mol. The van der Waals surface area contributed by atoms with Gasteiger partial charge in [0.2, 0.25) is 0 Å². The molecule has 4 aromatic rings. The van der Waals surface area contributed by atoms with Gasteiger partial charge in [0, 0.05) is 28.7 Å². The molecule has 4 rings (SSSR count). The van der Waals surface area contributed by atoms with Gasteiger partial charge < -0.3 is 10.2 Å². The van der Waals surface area contributed by atoms with Gasteiger partial charge in [-0.2, -0.15) is 0 Å². The van der Waals surface area contributed by atoms with Gasteiger partial charge in [-0.1, -0.05) is 54.1 Å². The quantitative estimate of drug-likeness (QED) is 0.357. The van der Waals surface area contributed by atoms with E-state index in [1.54, 1.807) is 41.3 Å². The Bertz CT molecular complexity index is 1360. The van der Waals surface area contributed by atoms with Crippen LogP contribution in [0.3, 0.4) is 0 Å². The van der Waals surface area contributed by atoms with Crippen LogP contribution in [0.25, 0.3) is 10.8 Å². The minimum Gasteiger partial charge on any atom is -0.332 e. The topological polar surface area (TPSA) is 61.4 Å². The summed E-state index contributed by atoms with van der Waals surface area (Å²) in [6.45, 7) is 4.43. The third kappa shape index (κ3) is 5.13. The lowest BCUT2D eigenvalue weighted by atomic mass is 10.1. The summed E-state index contributed by atoms with van der Waals surface area (Å²) in [6.07, 6.45) is 0. The van der Waals surface area contributed by atoms with Gasteiger partial charge in [0.25, 0.3) is 11.8 Å². The Balaban J connectivity index is 1.45. The summed E-state index contributed by atoms with van der Waals surface area (Å²) < 4.78 is 0. The second-order valence-corrected chi connectivity index (χ2v) is 8.31. The Morgan fingerprint density at radius 2 is 1.56 bits per heavy atom. The van der Waals surface area contributed by atoms with E-state index >= 15 is 0 Å². The smallest absolute Gasteiger partial charge is 0.258 e. The Hall–Kier alpha value is -4.03. The van der Waals surface area contributed by atoms with Gasteiger partial charge in [0.15, 0.2) is 5.11 Å². The maximum absolute atomic E-state index is 13.3. The maximum atomic E-state index is 13.3. The van der Waals surface area contributed by atoms with Crippen molar-refractivity contribution in [3.63, 3.8) is 0 Å². The second kappa shape index (κ2) is 10.3. The van der Waals surface area contributed by atoms with Crippen LogP contribution in [-0.4, -0.2) is 23.5 Å². The zero-order valence-electron chi connectivity index (χ0n) is 19.0. The molecule has 0 fully saturated rings. The fraction of sp³-hybridized carbons (Fsp3) is 0.107. The Morgan fingerprint density at radius 3 is 2.29 bits per heavy atom. The van der Waals surface area contributed by atoms with Crippen molar-refractivity contribution in [2.24, 2.45) is 0 Å². The number of rotatable bonds is 5. The molecule has 0 spiro atoms. The van der Waals surface area contributed by atoms with E-state index in [-0.39, 0.29) is 16.9 Å². The summed E-state index contributed by atoms with van der Waals surface area (Å²) in [5, 5.41) is 7.99. The first-order chi connectivity index (χ1) is 16.5. The predicted molar refractivity (Wildman–Crippen MR) is 143 cm³/mol. The first-order valence-electron chi connectivity index (χ1n) is 11.0. The van der Waals surface area contributed by atoms with Gasteiger partial charge in [0.1, 0.15) is 0 Å². The standard InChI is InChI=1S/C28H25N3O2S/c1-3-31(25-13-7-10-20-9-4-5-12-24(20)25)27(33)21-14-16-23(17-15-21)29-28(34)30-26(32)22-11-6-8-19(2)18-22/h4-18H,3H2,1-2H3,(H2,29,30,32,34). The van der Waals surface area contributed by atoms with E-state index in [2.05, 4.69) is 10.6 Å². The fourth-order valence-corrected chi connectivity index (χ4v) is 4.05. The summed E-state index contributed by atoms with van der Waals surface area (Å²) in [7, 11) is 0. The molecular weight excluding hydrogens is 442 g/mol. The molecule has 0 aromatic heterocycles. The van der Waals surface area contributed by atoms with Crippen LogP contribution in [0, 0.1) is 6.92 Å². The van der Waals surface area contributed by atoms with Crippen molar-refractivity contribution in [1.29, 1.82) is 0 Å². The van der Waals surface area contributed by atoms with Crippen LogP contribution in [-0.2, 0) is 0 Å². The van der Waals surface area contributed by atoms with E-state index in [1.165, 1.54) is 0 Å². The summed E-state index contributed by atoms with van der Waals surface area (Å²) in [4.78, 5) is 27.5. The minimum atomic E-state index is -0.276. The summed E-state index contributed by atoms with van der Waals surface area (Å²) in [6, 6.07) is 28.4. The molecule has 4 aromatic carbocycles. The molecule has 2 amide bonds. The van der Waals surface area contributed by atoms with Crippen LogP contribution in [0.5, 0.6) is 0 Å². The van der Waals surface area contributed by atoms with Crippen molar-refractivity contribution in [2.45, 2.75) is 13.8 Å². The van der Waals surface area contributed by atoms with Crippen LogP contribution < -0.4 is 15.5 Å². The molecule has 6 heteroatoms. The molecule has 0 aliphatic carbocycles. The molecule has 5 nitrogen and oxygen atoms in total. The highest BCUT2D eigenvalue weighted by Crippen LogP contribution is 2.28. The number of benzene rings is 4. The molecule has 34 heavy (non-hydrogen) atoms. The number of aryl methyl sites for hydroxylation is 1. The number of carbonyl (C=O) groups excluding carboxylic acids is 2. The normalized spacial score (nSPS) is 10.5. The van der Waals surface area contributed by atoms with Gasteiger partial charge in [0.05, 0.1) is 5.69 Å². The number of fused-ring (bicyclic) bond motifs is 1. The molecule has 170 valence electrons. The lowest BCUT2D eigenvalue weighted by Gasteiger charge is -2.23. The second-order valence-electron chi connectivity index (χ2n) is 7.90. The van der Waals surface area contributed by atoms with Crippen molar-refractivity contribution < 1.29 is 9.59 Å². The SMILES string of the molecule is CCN(C(=O)c1ccc(NC(=S)NC(=O)c2cccc(C)c2)cc1)c1cccc2ccccc12. The molecule has 0 unspecified atom stereocenters. The highest BCUT2D eigenvalue weighted by molar-refractivity contribution is 7.80. The number of nitrogens with zero attached hydrogens (tertiary/aromatic N) is 1. The Labute approximate surface area is 204 Å². The van der Waals surface area contributed by atoms with Crippen molar-refractivity contribution in [2.75, 3.05) is 16.8 Å². The van der Waals surface area contributed by atoms with E-state index in [1.807, 2.05) is 68.4 Å². The highest BCUT2D eigenvalue weighted by Gasteiger charge is 2.18. The molecule has 0 radical (unpaired) electrons. The van der Waals surface area contributed by atoms with Gasteiger partial charge in [-0.25, -0.2) is 0 Å². The lowest BCUT2D eigenvalue weighted by Crippen LogP contribution is -2.34. The third-order valence-corrected chi connectivity index (χ3v) is 5.72. The molecular formula is C28H25N3O2S. The van der Waals surface area contributed by atoms with Gasteiger partial charge in [-0.05, 0) is 73.9 Å². The fourth-order valence-electron chi connectivity index (χ4n) is 3.84. The van der Waals surface area contributed by atoms with E-state index in [9.17, 15) is 9.59 Å². The molecule has 0 heterocycles. The zero-order chi connectivity index (χ0) is 24.1. The highest BCUT2D eigenvalue weighted by atomic mass is 32.1. The number of amides is 2. The third-order valence-electron chi connectivity index (χ3n) is 5.52. The number of anilines is 2. The van der Waals surface area contributed by atoms with E-state index in [0.29, 0.717) is 23.4 Å².